The van der Waals surface area contributed by atoms with Crippen molar-refractivity contribution in [1.29, 1.82) is 0 Å². The van der Waals surface area contributed by atoms with Crippen molar-refractivity contribution in [3.63, 3.8) is 0 Å². The number of ether oxygens (including phenoxy) is 1. The van der Waals surface area contributed by atoms with E-state index in [1.54, 1.807) is 17.0 Å². The molecule has 2 N–H and O–H groups in total. The number of benzene rings is 1. The fourth-order valence-corrected chi connectivity index (χ4v) is 3.89. The molecule has 3 atom stereocenters. The first kappa shape index (κ1) is 25.0. The molecule has 0 aliphatic carbocycles. The van der Waals surface area contributed by atoms with Crippen LogP contribution in [0, 0.1) is 11.3 Å². The zero-order valence-corrected chi connectivity index (χ0v) is 20.2. The third-order valence-corrected chi connectivity index (χ3v) is 5.56. The van der Waals surface area contributed by atoms with Gasteiger partial charge in [-0.05, 0) is 43.9 Å². The first-order valence-corrected chi connectivity index (χ1v) is 10.8. The second kappa shape index (κ2) is 9.47. The number of carbonyl (C=O) groups is 3. The molecule has 1 aromatic rings. The number of carbonyl (C=O) groups excluding carboxylic acids is 3. The summed E-state index contributed by atoms with van der Waals surface area (Å²) < 4.78 is 5.00. The van der Waals surface area contributed by atoms with Crippen molar-refractivity contribution in [2.45, 2.75) is 59.0 Å². The molecule has 0 bridgehead atoms. The highest BCUT2D eigenvalue weighted by atomic mass is 35.5. The number of esters is 1. The van der Waals surface area contributed by atoms with Crippen LogP contribution in [0.2, 0.25) is 5.02 Å². The minimum atomic E-state index is -0.753. The zero-order chi connectivity index (χ0) is 23.6. The molecule has 3 amide bonds. The topological polar surface area (TPSA) is 87.7 Å². The molecule has 8 heteroatoms. The number of hydrogen-bond acceptors (Lipinski definition) is 4. The minimum Gasteiger partial charge on any atom is -0.469 e. The van der Waals surface area contributed by atoms with Gasteiger partial charge in [-0.15, -0.1) is 0 Å². The summed E-state index contributed by atoms with van der Waals surface area (Å²) in [6.45, 7) is 11.9. The number of halogens is 1. The van der Waals surface area contributed by atoms with Crippen LogP contribution < -0.4 is 10.6 Å². The summed E-state index contributed by atoms with van der Waals surface area (Å²) >= 11 is 6.01. The molecule has 0 unspecified atom stereocenters. The smallest absolute Gasteiger partial charge is 0.315 e. The van der Waals surface area contributed by atoms with Crippen LogP contribution in [0.5, 0.6) is 0 Å². The van der Waals surface area contributed by atoms with E-state index in [1.807, 2.05) is 53.7 Å². The van der Waals surface area contributed by atoms with Gasteiger partial charge < -0.3 is 20.3 Å². The lowest BCUT2D eigenvalue weighted by atomic mass is 9.85. The van der Waals surface area contributed by atoms with Gasteiger partial charge in [-0.1, -0.05) is 44.5 Å². The van der Waals surface area contributed by atoms with Crippen molar-refractivity contribution < 1.29 is 19.1 Å². The Hall–Kier alpha value is -2.28. The number of urea groups is 1. The van der Waals surface area contributed by atoms with Crippen LogP contribution in [-0.2, 0) is 14.3 Å². The first-order valence-electron chi connectivity index (χ1n) is 10.4. The maximum atomic E-state index is 13.5. The fourth-order valence-electron chi connectivity index (χ4n) is 3.76. The monoisotopic (exact) mass is 451 g/mol. The van der Waals surface area contributed by atoms with Crippen LogP contribution in [0.15, 0.2) is 24.3 Å². The molecule has 0 spiro atoms. The van der Waals surface area contributed by atoms with Gasteiger partial charge in [0.05, 0.1) is 13.0 Å². The number of likely N-dealkylation sites (tertiary alicyclic amines) is 1. The number of rotatable bonds is 4. The highest BCUT2D eigenvalue weighted by Gasteiger charge is 2.45. The number of nitrogens with zero attached hydrogens (tertiary/aromatic N) is 1. The predicted molar refractivity (Wildman–Crippen MR) is 121 cm³/mol. The quantitative estimate of drug-likeness (QED) is 0.685. The summed E-state index contributed by atoms with van der Waals surface area (Å²) in [4.78, 5) is 40.1. The molecule has 1 fully saturated rings. The summed E-state index contributed by atoms with van der Waals surface area (Å²) in [5.41, 5.74) is -0.0366. The van der Waals surface area contributed by atoms with Crippen LogP contribution in [0.3, 0.4) is 0 Å². The molecular formula is C23H34ClN3O4. The second-order valence-electron chi connectivity index (χ2n) is 10.2. The van der Waals surface area contributed by atoms with Gasteiger partial charge in [-0.3, -0.25) is 9.59 Å². The molecule has 1 aliphatic heterocycles. The summed E-state index contributed by atoms with van der Waals surface area (Å²) in [6.07, 6.45) is 0. The highest BCUT2D eigenvalue weighted by Crippen LogP contribution is 2.35. The number of hydrogen-bond donors (Lipinski definition) is 2. The Morgan fingerprint density at radius 3 is 2.13 bits per heavy atom. The molecule has 1 saturated heterocycles. The van der Waals surface area contributed by atoms with E-state index in [4.69, 9.17) is 16.3 Å². The maximum absolute atomic E-state index is 13.5. The molecule has 0 aromatic heterocycles. The molecule has 172 valence electrons. The van der Waals surface area contributed by atoms with Gasteiger partial charge in [0.2, 0.25) is 5.91 Å². The average molecular weight is 452 g/mol. The molecule has 1 aliphatic rings. The Morgan fingerprint density at radius 2 is 1.65 bits per heavy atom. The van der Waals surface area contributed by atoms with E-state index in [-0.39, 0.29) is 24.3 Å². The summed E-state index contributed by atoms with van der Waals surface area (Å²) in [5.74, 6) is -1.28. The van der Waals surface area contributed by atoms with E-state index in [0.717, 1.165) is 5.56 Å². The van der Waals surface area contributed by atoms with E-state index in [2.05, 4.69) is 10.6 Å². The highest BCUT2D eigenvalue weighted by molar-refractivity contribution is 6.30. The van der Waals surface area contributed by atoms with Crippen molar-refractivity contribution in [1.82, 2.24) is 15.5 Å². The van der Waals surface area contributed by atoms with Crippen LogP contribution in [0.25, 0.3) is 0 Å². The van der Waals surface area contributed by atoms with Crippen molar-refractivity contribution in [2.75, 3.05) is 20.2 Å². The van der Waals surface area contributed by atoms with Crippen LogP contribution in [-0.4, -0.2) is 54.6 Å². The van der Waals surface area contributed by atoms with E-state index in [9.17, 15) is 14.4 Å². The summed E-state index contributed by atoms with van der Waals surface area (Å²) in [6, 6.07) is 6.12. The van der Waals surface area contributed by atoms with Crippen LogP contribution in [0.1, 0.15) is 53.0 Å². The van der Waals surface area contributed by atoms with Gasteiger partial charge in [0, 0.05) is 29.6 Å². The fraction of sp³-hybridized carbons (Fsp3) is 0.609. The Kier molecular flexibility index (Phi) is 7.63. The molecule has 1 heterocycles. The normalized spacial score (nSPS) is 20.2. The Balaban J connectivity index is 2.27. The average Bonchev–Trinajstić information content (AvgIpc) is 3.08. The molecule has 1 aromatic carbocycles. The molecule has 2 rings (SSSR count). The van der Waals surface area contributed by atoms with Gasteiger partial charge in [0.25, 0.3) is 0 Å². The van der Waals surface area contributed by atoms with E-state index >= 15 is 0 Å². The third kappa shape index (κ3) is 6.60. The Labute approximate surface area is 189 Å². The number of nitrogens with one attached hydrogen (secondary N) is 2. The summed E-state index contributed by atoms with van der Waals surface area (Å²) in [5, 5.41) is 6.27. The summed E-state index contributed by atoms with van der Waals surface area (Å²) in [7, 11) is 1.35. The first-order chi connectivity index (χ1) is 14.2. The number of amides is 3. The van der Waals surface area contributed by atoms with Gasteiger partial charge in [0.1, 0.15) is 6.04 Å². The zero-order valence-electron chi connectivity index (χ0n) is 19.4. The molecular weight excluding hydrogens is 418 g/mol. The van der Waals surface area contributed by atoms with E-state index in [1.165, 1.54) is 7.11 Å². The third-order valence-electron chi connectivity index (χ3n) is 5.31. The Bertz CT molecular complexity index is 812. The van der Waals surface area contributed by atoms with Gasteiger partial charge >= 0.3 is 12.0 Å². The lowest BCUT2D eigenvalue weighted by molar-refractivity contribution is -0.145. The molecule has 0 radical (unpaired) electrons. The number of methoxy groups -OCH3 is 1. The lowest BCUT2D eigenvalue weighted by Crippen LogP contribution is -2.58. The second-order valence-corrected chi connectivity index (χ2v) is 10.6. The predicted octanol–water partition coefficient (Wildman–Crippen LogP) is 3.57. The van der Waals surface area contributed by atoms with Crippen LogP contribution in [0.4, 0.5) is 4.79 Å². The molecule has 7 nitrogen and oxygen atoms in total. The van der Waals surface area contributed by atoms with Crippen molar-refractivity contribution in [3.8, 4) is 0 Å². The van der Waals surface area contributed by atoms with Crippen molar-refractivity contribution >= 4 is 29.5 Å². The Morgan fingerprint density at radius 1 is 1.06 bits per heavy atom. The maximum Gasteiger partial charge on any atom is 0.315 e. The van der Waals surface area contributed by atoms with Crippen molar-refractivity contribution in [2.24, 2.45) is 11.3 Å². The van der Waals surface area contributed by atoms with E-state index in [0.29, 0.717) is 11.6 Å². The van der Waals surface area contributed by atoms with Gasteiger partial charge in [-0.2, -0.15) is 0 Å². The van der Waals surface area contributed by atoms with E-state index < -0.39 is 28.9 Å². The SMILES string of the molecule is COC(=O)[C@@H]1CN(C(=O)[C@@H](NC(=O)NC(C)(C)C)C(C)(C)C)C[C@H]1c1ccc(Cl)cc1. The largest absolute Gasteiger partial charge is 0.469 e. The van der Waals surface area contributed by atoms with Crippen molar-refractivity contribution in [3.05, 3.63) is 34.9 Å². The minimum absolute atomic E-state index is 0.210. The molecule has 31 heavy (non-hydrogen) atoms. The standard InChI is InChI=1S/C23H34ClN3O4/c1-22(2,3)18(25-21(30)26-23(4,5)6)19(28)27-12-16(17(13-27)20(29)31-7)14-8-10-15(24)11-9-14/h8-11,16-18H,12-13H2,1-7H3,(H2,25,26,30)/t16-,17+,18+/m0/s1. The van der Waals surface area contributed by atoms with Crippen LogP contribution >= 0.6 is 11.6 Å². The van der Waals surface area contributed by atoms with Gasteiger partial charge in [-0.25, -0.2) is 4.79 Å². The lowest BCUT2D eigenvalue weighted by Gasteiger charge is -2.34. The molecule has 0 saturated carbocycles. The van der Waals surface area contributed by atoms with Gasteiger partial charge in [0.15, 0.2) is 0 Å².